The normalized spacial score (nSPS) is 10.6. The van der Waals surface area contributed by atoms with Gasteiger partial charge in [0.15, 0.2) is 0 Å². The zero-order valence-electron chi connectivity index (χ0n) is 18.0. The Balaban J connectivity index is 1.31. The van der Waals surface area contributed by atoms with E-state index >= 15 is 0 Å². The first kappa shape index (κ1) is 23.5. The fourth-order valence-electron chi connectivity index (χ4n) is 3.17. The van der Waals surface area contributed by atoms with Crippen molar-refractivity contribution >= 4 is 40.9 Å². The Bertz CT molecular complexity index is 1280. The first-order chi connectivity index (χ1) is 16.6. The monoisotopic (exact) mass is 492 g/mol. The zero-order chi connectivity index (χ0) is 23.8. The van der Waals surface area contributed by atoms with E-state index in [2.05, 4.69) is 20.8 Å². The molecule has 3 aromatic carbocycles. The smallest absolute Gasteiger partial charge is 0.277 e. The molecule has 0 aliphatic carbocycles. The number of nitrogens with one attached hydrogen (secondary N) is 2. The van der Waals surface area contributed by atoms with Crippen LogP contribution in [-0.2, 0) is 11.2 Å². The van der Waals surface area contributed by atoms with Crippen LogP contribution in [0.4, 0.5) is 5.69 Å². The lowest BCUT2D eigenvalue weighted by molar-refractivity contribution is -0.113. The van der Waals surface area contributed by atoms with Gasteiger partial charge in [-0.25, -0.2) is 0 Å². The number of para-hydroxylation sites is 1. The molecule has 0 aliphatic rings. The van der Waals surface area contributed by atoms with Gasteiger partial charge in [0.2, 0.25) is 11.8 Å². The standard InChI is InChI=1S/C25H21ClN4O3S/c26-19-10-6-9-18(15-19)24-29-30-25(33-24)34-16-22(31)28-21-12-5-4-11-20(21)23(32)27-14-13-17-7-2-1-3-8-17/h1-12,15H,13-14,16H2,(H,27,32)(H,28,31). The first-order valence-electron chi connectivity index (χ1n) is 10.5. The Morgan fingerprint density at radius 2 is 1.74 bits per heavy atom. The Morgan fingerprint density at radius 1 is 0.941 bits per heavy atom. The average Bonchev–Trinajstić information content (AvgIpc) is 3.33. The summed E-state index contributed by atoms with van der Waals surface area (Å²) >= 11 is 7.10. The molecule has 7 nitrogen and oxygen atoms in total. The highest BCUT2D eigenvalue weighted by molar-refractivity contribution is 7.99. The van der Waals surface area contributed by atoms with Crippen LogP contribution in [0.25, 0.3) is 11.5 Å². The van der Waals surface area contributed by atoms with Crippen molar-refractivity contribution in [1.29, 1.82) is 0 Å². The van der Waals surface area contributed by atoms with E-state index < -0.39 is 0 Å². The molecule has 34 heavy (non-hydrogen) atoms. The molecule has 0 atom stereocenters. The van der Waals surface area contributed by atoms with Crippen LogP contribution in [-0.4, -0.2) is 34.3 Å². The second-order valence-electron chi connectivity index (χ2n) is 7.26. The second-order valence-corrected chi connectivity index (χ2v) is 8.62. The molecule has 1 heterocycles. The quantitative estimate of drug-likeness (QED) is 0.316. The second kappa shape index (κ2) is 11.5. The van der Waals surface area contributed by atoms with Gasteiger partial charge in [0.25, 0.3) is 11.1 Å². The summed E-state index contributed by atoms with van der Waals surface area (Å²) in [6, 6.07) is 23.9. The van der Waals surface area contributed by atoms with Crippen molar-refractivity contribution < 1.29 is 14.0 Å². The number of rotatable bonds is 9. The minimum absolute atomic E-state index is 0.0428. The average molecular weight is 493 g/mol. The molecule has 0 spiro atoms. The predicted octanol–water partition coefficient (Wildman–Crippen LogP) is 5.09. The summed E-state index contributed by atoms with van der Waals surface area (Å²) in [7, 11) is 0. The molecule has 2 N–H and O–H groups in total. The first-order valence-corrected chi connectivity index (χ1v) is 11.9. The number of halogens is 1. The Kier molecular flexibility index (Phi) is 7.95. The van der Waals surface area contributed by atoms with Crippen molar-refractivity contribution in [3.63, 3.8) is 0 Å². The molecule has 1 aromatic heterocycles. The summed E-state index contributed by atoms with van der Waals surface area (Å²) in [6.07, 6.45) is 0.721. The number of aromatic nitrogens is 2. The number of carbonyl (C=O) groups excluding carboxylic acids is 2. The van der Waals surface area contributed by atoms with Crippen molar-refractivity contribution in [2.45, 2.75) is 11.6 Å². The van der Waals surface area contributed by atoms with E-state index in [1.54, 1.807) is 42.5 Å². The molecule has 0 bridgehead atoms. The zero-order valence-corrected chi connectivity index (χ0v) is 19.6. The van der Waals surface area contributed by atoms with E-state index in [-0.39, 0.29) is 22.8 Å². The minimum atomic E-state index is -0.294. The maximum absolute atomic E-state index is 12.7. The van der Waals surface area contributed by atoms with Crippen LogP contribution in [0.3, 0.4) is 0 Å². The van der Waals surface area contributed by atoms with E-state index in [0.29, 0.717) is 34.3 Å². The molecule has 4 aromatic rings. The highest BCUT2D eigenvalue weighted by Gasteiger charge is 2.15. The summed E-state index contributed by atoms with van der Waals surface area (Å²) < 4.78 is 5.61. The highest BCUT2D eigenvalue weighted by atomic mass is 35.5. The Morgan fingerprint density at radius 3 is 2.56 bits per heavy atom. The van der Waals surface area contributed by atoms with Crippen LogP contribution < -0.4 is 10.6 Å². The van der Waals surface area contributed by atoms with Crippen molar-refractivity contribution in [1.82, 2.24) is 15.5 Å². The van der Waals surface area contributed by atoms with Crippen LogP contribution in [0, 0.1) is 0 Å². The number of amides is 2. The van der Waals surface area contributed by atoms with Gasteiger partial charge in [0.1, 0.15) is 0 Å². The fourth-order valence-corrected chi connectivity index (χ4v) is 3.92. The summed E-state index contributed by atoms with van der Waals surface area (Å²) in [5.41, 5.74) is 2.68. The van der Waals surface area contributed by atoms with E-state index in [4.69, 9.17) is 16.0 Å². The molecular formula is C25H21ClN4O3S. The Hall–Kier alpha value is -3.62. The van der Waals surface area contributed by atoms with Gasteiger partial charge in [-0.05, 0) is 42.3 Å². The SMILES string of the molecule is O=C(CSc1nnc(-c2cccc(Cl)c2)o1)Nc1ccccc1C(=O)NCCc1ccccc1. The van der Waals surface area contributed by atoms with Gasteiger partial charge in [-0.1, -0.05) is 71.9 Å². The number of anilines is 1. The third kappa shape index (κ3) is 6.46. The van der Waals surface area contributed by atoms with Crippen molar-refractivity contribution in [3.8, 4) is 11.5 Å². The van der Waals surface area contributed by atoms with E-state index in [9.17, 15) is 9.59 Å². The molecule has 0 fully saturated rings. The molecule has 0 saturated heterocycles. The molecule has 172 valence electrons. The molecule has 4 rings (SSSR count). The number of nitrogens with zero attached hydrogens (tertiary/aromatic N) is 2. The van der Waals surface area contributed by atoms with Gasteiger partial charge in [0.05, 0.1) is 17.0 Å². The van der Waals surface area contributed by atoms with Gasteiger partial charge in [-0.2, -0.15) is 0 Å². The molecule has 2 amide bonds. The maximum atomic E-state index is 12.7. The summed E-state index contributed by atoms with van der Waals surface area (Å²) in [6.45, 7) is 0.493. The lowest BCUT2D eigenvalue weighted by atomic mass is 10.1. The third-order valence-electron chi connectivity index (χ3n) is 4.79. The largest absolute Gasteiger partial charge is 0.411 e. The number of hydrogen-bond acceptors (Lipinski definition) is 6. The topological polar surface area (TPSA) is 97.1 Å². The van der Waals surface area contributed by atoms with Gasteiger partial charge in [-0.3, -0.25) is 9.59 Å². The van der Waals surface area contributed by atoms with Gasteiger partial charge in [-0.15, -0.1) is 10.2 Å². The lowest BCUT2D eigenvalue weighted by Crippen LogP contribution is -2.27. The molecule has 9 heteroatoms. The highest BCUT2D eigenvalue weighted by Crippen LogP contribution is 2.25. The Labute approximate surface area is 205 Å². The summed E-state index contributed by atoms with van der Waals surface area (Å²) in [5, 5.41) is 14.5. The molecule has 0 radical (unpaired) electrons. The molecule has 0 unspecified atom stereocenters. The van der Waals surface area contributed by atoms with Crippen LogP contribution in [0.15, 0.2) is 88.5 Å². The summed E-state index contributed by atoms with van der Waals surface area (Å²) in [5.74, 6) is -0.177. The number of benzene rings is 3. The summed E-state index contributed by atoms with van der Waals surface area (Å²) in [4.78, 5) is 25.2. The maximum Gasteiger partial charge on any atom is 0.277 e. The lowest BCUT2D eigenvalue weighted by Gasteiger charge is -2.11. The van der Waals surface area contributed by atoms with E-state index in [1.165, 1.54) is 0 Å². The molecule has 0 saturated carbocycles. The fraction of sp³-hybridized carbons (Fsp3) is 0.120. The van der Waals surface area contributed by atoms with Crippen molar-refractivity contribution in [2.75, 3.05) is 17.6 Å². The van der Waals surface area contributed by atoms with Gasteiger partial charge >= 0.3 is 0 Å². The van der Waals surface area contributed by atoms with Crippen molar-refractivity contribution in [3.05, 3.63) is 95.0 Å². The third-order valence-corrected chi connectivity index (χ3v) is 5.85. The van der Waals surface area contributed by atoms with Crippen molar-refractivity contribution in [2.24, 2.45) is 0 Å². The van der Waals surface area contributed by atoms with Crippen LogP contribution in [0.1, 0.15) is 15.9 Å². The van der Waals surface area contributed by atoms with E-state index in [1.807, 2.05) is 36.4 Å². The molecule has 0 aliphatic heterocycles. The van der Waals surface area contributed by atoms with Gasteiger partial charge in [0, 0.05) is 17.1 Å². The number of carbonyl (C=O) groups is 2. The minimum Gasteiger partial charge on any atom is -0.411 e. The van der Waals surface area contributed by atoms with E-state index in [0.717, 1.165) is 23.7 Å². The number of hydrogen-bond donors (Lipinski definition) is 2. The van der Waals surface area contributed by atoms with Crippen LogP contribution in [0.2, 0.25) is 5.02 Å². The predicted molar refractivity (Wildman–Crippen MR) is 133 cm³/mol. The van der Waals surface area contributed by atoms with Crippen LogP contribution >= 0.6 is 23.4 Å². The van der Waals surface area contributed by atoms with Crippen LogP contribution in [0.5, 0.6) is 0 Å². The molecular weight excluding hydrogens is 472 g/mol. The number of thioether (sulfide) groups is 1. The van der Waals surface area contributed by atoms with Gasteiger partial charge < -0.3 is 15.1 Å².